The zero-order valence-corrected chi connectivity index (χ0v) is 7.99. The number of aliphatic hydroxyl groups is 1. The summed E-state index contributed by atoms with van der Waals surface area (Å²) in [6.45, 7) is 4.19. The molecule has 0 saturated heterocycles. The van der Waals surface area contributed by atoms with Gasteiger partial charge in [0.15, 0.2) is 0 Å². The lowest BCUT2D eigenvalue weighted by Gasteiger charge is -2.16. The van der Waals surface area contributed by atoms with E-state index in [1.165, 1.54) is 0 Å². The van der Waals surface area contributed by atoms with Crippen LogP contribution in [0.3, 0.4) is 0 Å². The van der Waals surface area contributed by atoms with Gasteiger partial charge < -0.3 is 5.11 Å². The summed E-state index contributed by atoms with van der Waals surface area (Å²) in [4.78, 5) is 0. The second-order valence-corrected chi connectivity index (χ2v) is 3.65. The van der Waals surface area contributed by atoms with E-state index in [9.17, 15) is 5.11 Å². The minimum Gasteiger partial charge on any atom is -0.390 e. The van der Waals surface area contributed by atoms with Gasteiger partial charge in [0.1, 0.15) is 5.69 Å². The molecule has 1 aromatic heterocycles. The average molecular weight is 178 g/mol. The Balaban J connectivity index is 2.61. The molecule has 3 heteroatoms. The van der Waals surface area contributed by atoms with Crippen LogP contribution < -0.4 is 0 Å². The highest BCUT2D eigenvalue weighted by molar-refractivity contribution is 5.22. The minimum atomic E-state index is -0.669. The van der Waals surface area contributed by atoms with E-state index in [2.05, 4.69) is 11.0 Å². The molecule has 0 radical (unpaired) electrons. The molecule has 1 aromatic rings. The van der Waals surface area contributed by atoms with Gasteiger partial charge in [0.05, 0.1) is 11.8 Å². The monoisotopic (exact) mass is 178 g/mol. The molecule has 0 saturated carbocycles. The standard InChI is InChI=1S/C10H14N2O/c1-4-9-5-7-11-12(9)8-6-10(2,3)13/h1,5,7,13H,6,8H2,2-3H3. The van der Waals surface area contributed by atoms with Crippen molar-refractivity contribution in [1.29, 1.82) is 0 Å². The van der Waals surface area contributed by atoms with E-state index in [1.807, 2.05) is 0 Å². The number of terminal acetylenes is 1. The van der Waals surface area contributed by atoms with Crippen molar-refractivity contribution in [3.8, 4) is 12.3 Å². The predicted octanol–water partition coefficient (Wildman–Crippen LogP) is 1.03. The van der Waals surface area contributed by atoms with E-state index in [1.54, 1.807) is 30.8 Å². The van der Waals surface area contributed by atoms with Gasteiger partial charge in [0.25, 0.3) is 0 Å². The lowest BCUT2D eigenvalue weighted by Crippen LogP contribution is -2.21. The Kier molecular flexibility index (Phi) is 2.74. The van der Waals surface area contributed by atoms with Crippen molar-refractivity contribution in [3.05, 3.63) is 18.0 Å². The van der Waals surface area contributed by atoms with Gasteiger partial charge >= 0.3 is 0 Å². The molecule has 0 bridgehead atoms. The second-order valence-electron chi connectivity index (χ2n) is 3.65. The highest BCUT2D eigenvalue weighted by Crippen LogP contribution is 2.09. The fraction of sp³-hybridized carbons (Fsp3) is 0.500. The molecule has 1 rings (SSSR count). The van der Waals surface area contributed by atoms with Crippen LogP contribution in [0.5, 0.6) is 0 Å². The summed E-state index contributed by atoms with van der Waals surface area (Å²) in [6, 6.07) is 1.78. The smallest absolute Gasteiger partial charge is 0.110 e. The van der Waals surface area contributed by atoms with Gasteiger partial charge in [0, 0.05) is 6.54 Å². The first kappa shape index (κ1) is 9.82. The quantitative estimate of drug-likeness (QED) is 0.702. The molecule has 0 unspecified atom stereocenters. The molecule has 0 aromatic carbocycles. The third kappa shape index (κ3) is 2.92. The highest BCUT2D eigenvalue weighted by Gasteiger charge is 2.12. The van der Waals surface area contributed by atoms with E-state index >= 15 is 0 Å². The summed E-state index contributed by atoms with van der Waals surface area (Å²) in [5, 5.41) is 13.5. The largest absolute Gasteiger partial charge is 0.390 e. The van der Waals surface area contributed by atoms with Crippen LogP contribution in [0, 0.1) is 12.3 Å². The molecule has 1 heterocycles. The Morgan fingerprint density at radius 3 is 2.92 bits per heavy atom. The van der Waals surface area contributed by atoms with Crippen LogP contribution in [0.25, 0.3) is 0 Å². The summed E-state index contributed by atoms with van der Waals surface area (Å²) in [6.07, 6.45) is 7.57. The van der Waals surface area contributed by atoms with Crippen molar-refractivity contribution in [1.82, 2.24) is 9.78 Å². The van der Waals surface area contributed by atoms with Gasteiger partial charge in [-0.25, -0.2) is 0 Å². The summed E-state index contributed by atoms with van der Waals surface area (Å²) in [5.41, 5.74) is 0.0851. The van der Waals surface area contributed by atoms with Gasteiger partial charge in [0.2, 0.25) is 0 Å². The Hall–Kier alpha value is -1.27. The highest BCUT2D eigenvalue weighted by atomic mass is 16.3. The summed E-state index contributed by atoms with van der Waals surface area (Å²) < 4.78 is 1.72. The Labute approximate surface area is 78.4 Å². The molecular formula is C10H14N2O. The molecule has 3 nitrogen and oxygen atoms in total. The fourth-order valence-electron chi connectivity index (χ4n) is 1.01. The number of rotatable bonds is 3. The molecule has 0 aliphatic carbocycles. The van der Waals surface area contributed by atoms with Crippen LogP contribution in [0.15, 0.2) is 12.3 Å². The first-order chi connectivity index (χ1) is 6.03. The molecule has 0 spiro atoms. The molecule has 13 heavy (non-hydrogen) atoms. The number of hydrogen-bond acceptors (Lipinski definition) is 2. The maximum Gasteiger partial charge on any atom is 0.110 e. The van der Waals surface area contributed by atoms with E-state index < -0.39 is 5.60 Å². The molecule has 0 atom stereocenters. The SMILES string of the molecule is C#Cc1ccnn1CCC(C)(C)O. The van der Waals surface area contributed by atoms with Gasteiger partial charge in [-0.2, -0.15) is 5.10 Å². The molecular weight excluding hydrogens is 164 g/mol. The lowest BCUT2D eigenvalue weighted by molar-refractivity contribution is 0.0650. The van der Waals surface area contributed by atoms with E-state index in [0.717, 1.165) is 5.69 Å². The van der Waals surface area contributed by atoms with E-state index in [4.69, 9.17) is 6.42 Å². The fourth-order valence-corrected chi connectivity index (χ4v) is 1.01. The van der Waals surface area contributed by atoms with Crippen molar-refractivity contribution in [2.45, 2.75) is 32.4 Å². The van der Waals surface area contributed by atoms with Crippen LogP contribution in [0.4, 0.5) is 0 Å². The van der Waals surface area contributed by atoms with Crippen molar-refractivity contribution in [2.75, 3.05) is 0 Å². The first-order valence-electron chi connectivity index (χ1n) is 4.24. The number of aromatic nitrogens is 2. The zero-order chi connectivity index (χ0) is 9.90. The number of hydrogen-bond donors (Lipinski definition) is 1. The molecule has 0 aliphatic rings. The van der Waals surface area contributed by atoms with Gasteiger partial charge in [-0.15, -0.1) is 6.42 Å². The first-order valence-corrected chi connectivity index (χ1v) is 4.24. The van der Waals surface area contributed by atoms with Crippen molar-refractivity contribution < 1.29 is 5.11 Å². The van der Waals surface area contributed by atoms with Crippen molar-refractivity contribution >= 4 is 0 Å². The number of aryl methyl sites for hydroxylation is 1. The average Bonchev–Trinajstić information content (AvgIpc) is 2.46. The molecule has 70 valence electrons. The van der Waals surface area contributed by atoms with Crippen molar-refractivity contribution in [3.63, 3.8) is 0 Å². The lowest BCUT2D eigenvalue weighted by atomic mass is 10.1. The van der Waals surface area contributed by atoms with Crippen molar-refractivity contribution in [2.24, 2.45) is 0 Å². The normalized spacial score (nSPS) is 11.2. The third-order valence-electron chi connectivity index (χ3n) is 1.80. The van der Waals surface area contributed by atoms with Crippen LogP contribution in [0.1, 0.15) is 26.0 Å². The van der Waals surface area contributed by atoms with Crippen LogP contribution >= 0.6 is 0 Å². The Morgan fingerprint density at radius 2 is 2.38 bits per heavy atom. The topological polar surface area (TPSA) is 38.0 Å². The molecule has 0 aliphatic heterocycles. The summed E-state index contributed by atoms with van der Waals surface area (Å²) in [5.74, 6) is 2.53. The van der Waals surface area contributed by atoms with Crippen LogP contribution in [-0.4, -0.2) is 20.5 Å². The van der Waals surface area contributed by atoms with Crippen LogP contribution in [-0.2, 0) is 6.54 Å². The van der Waals surface area contributed by atoms with Crippen LogP contribution in [0.2, 0.25) is 0 Å². The Morgan fingerprint density at radius 1 is 1.69 bits per heavy atom. The third-order valence-corrected chi connectivity index (χ3v) is 1.80. The summed E-state index contributed by atoms with van der Waals surface area (Å²) >= 11 is 0. The van der Waals surface area contributed by atoms with Gasteiger partial charge in [-0.3, -0.25) is 4.68 Å². The Bertz CT molecular complexity index is 314. The zero-order valence-electron chi connectivity index (χ0n) is 7.99. The minimum absolute atomic E-state index is 0.642. The van der Waals surface area contributed by atoms with Gasteiger partial charge in [-0.1, -0.05) is 5.92 Å². The second kappa shape index (κ2) is 3.63. The van der Waals surface area contributed by atoms with Gasteiger partial charge in [-0.05, 0) is 26.3 Å². The summed E-state index contributed by atoms with van der Waals surface area (Å²) in [7, 11) is 0. The number of nitrogens with zero attached hydrogens (tertiary/aromatic N) is 2. The van der Waals surface area contributed by atoms with E-state index in [-0.39, 0.29) is 0 Å². The predicted molar refractivity (Wildman–Crippen MR) is 51.1 cm³/mol. The molecule has 0 amide bonds. The maximum atomic E-state index is 9.49. The van der Waals surface area contributed by atoms with E-state index in [0.29, 0.717) is 13.0 Å². The maximum absolute atomic E-state index is 9.49. The molecule has 0 fully saturated rings. The molecule has 1 N–H and O–H groups in total.